The Kier molecular flexibility index (Phi) is 7.65. The van der Waals surface area contributed by atoms with Crippen molar-refractivity contribution in [2.45, 2.75) is 26.7 Å². The van der Waals surface area contributed by atoms with Gasteiger partial charge in [0.05, 0.1) is 17.0 Å². The second kappa shape index (κ2) is 8.98. The minimum Gasteiger partial charge on any atom is -0.490 e. The molecule has 0 aliphatic carbocycles. The third-order valence-electron chi connectivity index (χ3n) is 3.96. The van der Waals surface area contributed by atoms with Gasteiger partial charge in [-0.15, -0.1) is 0 Å². The first-order valence-corrected chi connectivity index (χ1v) is 7.83. The minimum atomic E-state index is -0.542. The van der Waals surface area contributed by atoms with E-state index in [1.165, 1.54) is 0 Å². The lowest BCUT2D eigenvalue weighted by Crippen LogP contribution is -2.41. The van der Waals surface area contributed by atoms with E-state index in [-0.39, 0.29) is 5.91 Å². The van der Waals surface area contributed by atoms with Gasteiger partial charge in [-0.25, -0.2) is 0 Å². The number of carbonyl (C=O) groups excluding carboxylic acids is 1. The summed E-state index contributed by atoms with van der Waals surface area (Å²) in [4.78, 5) is 12.5. The third-order valence-corrected chi connectivity index (χ3v) is 4.26. The predicted octanol–water partition coefficient (Wildman–Crippen LogP) is 3.07. The highest BCUT2D eigenvalue weighted by Gasteiger charge is 2.33. The average molecular weight is 329 g/mol. The number of methoxy groups -OCH3 is 1. The van der Waals surface area contributed by atoms with Crippen molar-refractivity contribution in [1.82, 2.24) is 0 Å². The fourth-order valence-electron chi connectivity index (χ4n) is 2.15. The maximum absolute atomic E-state index is 12.5. The van der Waals surface area contributed by atoms with E-state index in [0.717, 1.165) is 0 Å². The molecule has 22 heavy (non-hydrogen) atoms. The van der Waals surface area contributed by atoms with Crippen LogP contribution in [0.15, 0.2) is 18.2 Å². The average Bonchev–Trinajstić information content (AvgIpc) is 2.52. The fourth-order valence-corrected chi connectivity index (χ4v) is 2.38. The van der Waals surface area contributed by atoms with E-state index >= 15 is 0 Å². The van der Waals surface area contributed by atoms with Crippen LogP contribution in [-0.4, -0.2) is 32.8 Å². The van der Waals surface area contributed by atoms with Gasteiger partial charge in [-0.1, -0.05) is 25.4 Å². The number of rotatable bonds is 9. The van der Waals surface area contributed by atoms with Crippen molar-refractivity contribution in [3.63, 3.8) is 0 Å². The number of anilines is 1. The molecule has 0 heterocycles. The summed E-state index contributed by atoms with van der Waals surface area (Å²) in [7, 11) is 1.61. The highest BCUT2D eigenvalue weighted by atomic mass is 35.5. The standard InChI is InChI=1S/C16H25ClN2O3/c1-4-16(5-2,11-18)15(20)19-12-6-7-14(13(17)10-12)22-9-8-21-3/h6-7,10H,4-5,8-9,11,18H2,1-3H3,(H,19,20). The van der Waals surface area contributed by atoms with Gasteiger partial charge in [0, 0.05) is 19.3 Å². The second-order valence-corrected chi connectivity index (χ2v) is 5.54. The van der Waals surface area contributed by atoms with Gasteiger partial charge in [0.25, 0.3) is 0 Å². The topological polar surface area (TPSA) is 73.6 Å². The molecule has 6 heteroatoms. The summed E-state index contributed by atoms with van der Waals surface area (Å²) in [5, 5.41) is 3.33. The lowest BCUT2D eigenvalue weighted by molar-refractivity contribution is -0.125. The van der Waals surface area contributed by atoms with E-state index in [1.54, 1.807) is 25.3 Å². The lowest BCUT2D eigenvalue weighted by Gasteiger charge is -2.28. The molecule has 0 radical (unpaired) electrons. The zero-order valence-electron chi connectivity index (χ0n) is 13.4. The van der Waals surface area contributed by atoms with Crippen LogP contribution in [-0.2, 0) is 9.53 Å². The van der Waals surface area contributed by atoms with Crippen molar-refractivity contribution in [2.24, 2.45) is 11.1 Å². The second-order valence-electron chi connectivity index (χ2n) is 5.13. The quantitative estimate of drug-likeness (QED) is 0.683. The Bertz CT molecular complexity index is 482. The van der Waals surface area contributed by atoms with Crippen molar-refractivity contribution in [2.75, 3.05) is 32.2 Å². The Hall–Kier alpha value is -1.30. The molecule has 1 aromatic rings. The van der Waals surface area contributed by atoms with Crippen LogP contribution in [0.3, 0.4) is 0 Å². The summed E-state index contributed by atoms with van der Waals surface area (Å²) in [5.74, 6) is 0.483. The number of hydrogen-bond donors (Lipinski definition) is 2. The molecule has 5 nitrogen and oxygen atoms in total. The highest BCUT2D eigenvalue weighted by Crippen LogP contribution is 2.30. The molecular formula is C16H25ClN2O3. The van der Waals surface area contributed by atoms with Crippen molar-refractivity contribution in [3.05, 3.63) is 23.2 Å². The lowest BCUT2D eigenvalue weighted by atomic mass is 9.81. The minimum absolute atomic E-state index is 0.0795. The molecule has 124 valence electrons. The highest BCUT2D eigenvalue weighted by molar-refractivity contribution is 6.32. The SMILES string of the molecule is CCC(CC)(CN)C(=O)Nc1ccc(OCCOC)c(Cl)c1. The van der Waals surface area contributed by atoms with Gasteiger partial charge in [0.2, 0.25) is 5.91 Å². The van der Waals surface area contributed by atoms with Crippen LogP contribution in [0.5, 0.6) is 5.75 Å². The molecule has 3 N–H and O–H groups in total. The van der Waals surface area contributed by atoms with Crippen LogP contribution in [0, 0.1) is 5.41 Å². The maximum Gasteiger partial charge on any atom is 0.231 e. The number of carbonyl (C=O) groups is 1. The number of nitrogens with two attached hydrogens (primary N) is 1. The largest absolute Gasteiger partial charge is 0.490 e. The Balaban J connectivity index is 2.78. The summed E-state index contributed by atoms with van der Waals surface area (Å²) in [5.41, 5.74) is 5.88. The summed E-state index contributed by atoms with van der Waals surface area (Å²) < 4.78 is 10.4. The summed E-state index contributed by atoms with van der Waals surface area (Å²) in [6.07, 6.45) is 1.38. The number of halogens is 1. The van der Waals surface area contributed by atoms with Crippen LogP contribution in [0.1, 0.15) is 26.7 Å². The molecule has 0 saturated carbocycles. The zero-order chi connectivity index (χ0) is 16.6. The molecule has 0 bridgehead atoms. The molecule has 0 spiro atoms. The van der Waals surface area contributed by atoms with Crippen LogP contribution in [0.25, 0.3) is 0 Å². The van der Waals surface area contributed by atoms with Crippen molar-refractivity contribution < 1.29 is 14.3 Å². The van der Waals surface area contributed by atoms with Gasteiger partial charge >= 0.3 is 0 Å². The van der Waals surface area contributed by atoms with Gasteiger partial charge in [0.1, 0.15) is 12.4 Å². The molecular weight excluding hydrogens is 304 g/mol. The number of nitrogens with one attached hydrogen (secondary N) is 1. The van der Waals surface area contributed by atoms with Gasteiger partial charge < -0.3 is 20.5 Å². The molecule has 0 atom stereocenters. The first kappa shape index (κ1) is 18.7. The fraction of sp³-hybridized carbons (Fsp3) is 0.562. The molecule has 0 aliphatic heterocycles. The predicted molar refractivity (Wildman–Crippen MR) is 89.5 cm³/mol. The Morgan fingerprint density at radius 2 is 2.00 bits per heavy atom. The maximum atomic E-state index is 12.5. The monoisotopic (exact) mass is 328 g/mol. The molecule has 0 aromatic heterocycles. The first-order valence-electron chi connectivity index (χ1n) is 7.45. The molecule has 0 fully saturated rings. The smallest absolute Gasteiger partial charge is 0.231 e. The number of ether oxygens (including phenoxy) is 2. The van der Waals surface area contributed by atoms with Crippen molar-refractivity contribution in [3.8, 4) is 5.75 Å². The number of hydrogen-bond acceptors (Lipinski definition) is 4. The van der Waals surface area contributed by atoms with Crippen LogP contribution < -0.4 is 15.8 Å². The van der Waals surface area contributed by atoms with E-state index < -0.39 is 5.41 Å². The van der Waals surface area contributed by atoms with Gasteiger partial charge in [-0.05, 0) is 31.0 Å². The Morgan fingerprint density at radius 3 is 2.50 bits per heavy atom. The first-order chi connectivity index (χ1) is 10.5. The summed E-state index contributed by atoms with van der Waals surface area (Å²) in [6.45, 7) is 5.16. The van der Waals surface area contributed by atoms with Crippen LogP contribution >= 0.6 is 11.6 Å². The Labute approximate surface area is 137 Å². The normalized spacial score (nSPS) is 11.3. The summed E-state index contributed by atoms with van der Waals surface area (Å²) in [6, 6.07) is 5.17. The van der Waals surface area contributed by atoms with Gasteiger partial charge in [-0.3, -0.25) is 4.79 Å². The van der Waals surface area contributed by atoms with Crippen molar-refractivity contribution >= 4 is 23.2 Å². The number of amides is 1. The zero-order valence-corrected chi connectivity index (χ0v) is 14.2. The molecule has 1 amide bonds. The Morgan fingerprint density at radius 1 is 1.32 bits per heavy atom. The molecule has 0 unspecified atom stereocenters. The third kappa shape index (κ3) is 4.60. The van der Waals surface area contributed by atoms with Gasteiger partial charge in [0.15, 0.2) is 0 Å². The molecule has 0 saturated heterocycles. The van der Waals surface area contributed by atoms with E-state index in [4.69, 9.17) is 26.8 Å². The van der Waals surface area contributed by atoms with Crippen molar-refractivity contribution in [1.29, 1.82) is 0 Å². The van der Waals surface area contributed by atoms with E-state index in [0.29, 0.717) is 49.1 Å². The molecule has 0 aliphatic rings. The van der Waals surface area contributed by atoms with Crippen LogP contribution in [0.2, 0.25) is 5.02 Å². The molecule has 1 rings (SSSR count). The summed E-state index contributed by atoms with van der Waals surface area (Å²) >= 11 is 6.17. The van der Waals surface area contributed by atoms with E-state index in [1.807, 2.05) is 13.8 Å². The number of benzene rings is 1. The molecule has 1 aromatic carbocycles. The van der Waals surface area contributed by atoms with Crippen LogP contribution in [0.4, 0.5) is 5.69 Å². The van der Waals surface area contributed by atoms with E-state index in [2.05, 4.69) is 5.32 Å². The van der Waals surface area contributed by atoms with Gasteiger partial charge in [-0.2, -0.15) is 0 Å². The van der Waals surface area contributed by atoms with E-state index in [9.17, 15) is 4.79 Å².